The van der Waals surface area contributed by atoms with E-state index in [0.717, 1.165) is 11.1 Å². The largest absolute Gasteiger partial charge is 0.350 e. The molecule has 132 valence electrons. The zero-order valence-electron chi connectivity index (χ0n) is 13.7. The van der Waals surface area contributed by atoms with Crippen LogP contribution in [0.5, 0.6) is 0 Å². The monoisotopic (exact) mass is 379 g/mol. The molecule has 2 aromatic rings. The number of halogens is 2. The lowest BCUT2D eigenvalue weighted by Crippen LogP contribution is -2.40. The molecule has 0 aromatic heterocycles. The molecular weight excluding hydrogens is 361 g/mol. The molecule has 0 radical (unpaired) electrons. The highest BCUT2D eigenvalue weighted by atomic mass is 35.5. The van der Waals surface area contributed by atoms with Gasteiger partial charge < -0.3 is 16.0 Å². The molecule has 0 aliphatic rings. The van der Waals surface area contributed by atoms with Gasteiger partial charge in [0, 0.05) is 35.2 Å². The van der Waals surface area contributed by atoms with Crippen LogP contribution >= 0.6 is 23.2 Å². The van der Waals surface area contributed by atoms with Crippen molar-refractivity contribution in [3.05, 3.63) is 69.2 Å². The van der Waals surface area contributed by atoms with Gasteiger partial charge in [-0.05, 0) is 36.8 Å². The van der Waals surface area contributed by atoms with Gasteiger partial charge in [-0.25, -0.2) is 4.79 Å². The normalized spacial score (nSPS) is 10.2. The van der Waals surface area contributed by atoms with Crippen molar-refractivity contribution in [2.45, 2.75) is 13.5 Å². The van der Waals surface area contributed by atoms with Gasteiger partial charge in [0.05, 0.1) is 0 Å². The van der Waals surface area contributed by atoms with Crippen LogP contribution in [0.3, 0.4) is 0 Å². The summed E-state index contributed by atoms with van der Waals surface area (Å²) in [6.07, 6.45) is 0. The predicted octanol–water partition coefficient (Wildman–Crippen LogP) is 3.53. The Kier molecular flexibility index (Phi) is 7.10. The zero-order chi connectivity index (χ0) is 18.2. The molecule has 0 aliphatic carbocycles. The molecule has 0 bridgehead atoms. The minimum Gasteiger partial charge on any atom is -0.350 e. The molecule has 3 amide bonds. The number of carbonyl (C=O) groups excluding carboxylic acids is 2. The van der Waals surface area contributed by atoms with Gasteiger partial charge in [-0.1, -0.05) is 47.0 Å². The Morgan fingerprint density at radius 2 is 1.60 bits per heavy atom. The van der Waals surface area contributed by atoms with Crippen LogP contribution in [0.1, 0.15) is 21.5 Å². The lowest BCUT2D eigenvalue weighted by atomic mass is 10.1. The van der Waals surface area contributed by atoms with E-state index in [9.17, 15) is 9.59 Å². The summed E-state index contributed by atoms with van der Waals surface area (Å²) >= 11 is 11.9. The number of rotatable bonds is 6. The summed E-state index contributed by atoms with van der Waals surface area (Å²) < 4.78 is 0. The minimum absolute atomic E-state index is 0.171. The summed E-state index contributed by atoms with van der Waals surface area (Å²) in [7, 11) is 0. The van der Waals surface area contributed by atoms with E-state index < -0.39 is 0 Å². The van der Waals surface area contributed by atoms with Crippen LogP contribution < -0.4 is 16.0 Å². The van der Waals surface area contributed by atoms with Gasteiger partial charge in [0.1, 0.15) is 0 Å². The molecule has 2 rings (SSSR count). The summed E-state index contributed by atoms with van der Waals surface area (Å²) in [5.41, 5.74) is 2.46. The maximum atomic E-state index is 11.9. The van der Waals surface area contributed by atoms with Gasteiger partial charge in [-0.15, -0.1) is 0 Å². The van der Waals surface area contributed by atoms with Gasteiger partial charge in [-0.2, -0.15) is 0 Å². The van der Waals surface area contributed by atoms with Gasteiger partial charge >= 0.3 is 6.03 Å². The van der Waals surface area contributed by atoms with E-state index >= 15 is 0 Å². The number of hydrogen-bond donors (Lipinski definition) is 3. The Hall–Kier alpha value is -2.24. The molecule has 0 unspecified atom stereocenters. The summed E-state index contributed by atoms with van der Waals surface area (Å²) in [6.45, 7) is 2.90. The Labute approximate surface area is 156 Å². The first-order chi connectivity index (χ1) is 12.0. The van der Waals surface area contributed by atoms with Crippen LogP contribution in [-0.2, 0) is 6.54 Å². The molecule has 0 heterocycles. The predicted molar refractivity (Wildman–Crippen MR) is 100 cm³/mol. The Morgan fingerprint density at radius 1 is 0.920 bits per heavy atom. The van der Waals surface area contributed by atoms with Crippen molar-refractivity contribution >= 4 is 35.1 Å². The lowest BCUT2D eigenvalue weighted by Gasteiger charge is -2.10. The van der Waals surface area contributed by atoms with Crippen molar-refractivity contribution < 1.29 is 9.59 Å². The first-order valence-electron chi connectivity index (χ1n) is 7.76. The van der Waals surface area contributed by atoms with Crippen LogP contribution in [0, 0.1) is 6.92 Å². The van der Waals surface area contributed by atoms with E-state index in [0.29, 0.717) is 28.7 Å². The van der Waals surface area contributed by atoms with Crippen LogP contribution in [0.25, 0.3) is 0 Å². The third kappa shape index (κ3) is 6.29. The summed E-state index contributed by atoms with van der Waals surface area (Å²) in [6, 6.07) is 12.0. The Balaban J connectivity index is 1.66. The van der Waals surface area contributed by atoms with Crippen LogP contribution in [-0.4, -0.2) is 25.0 Å². The number of aryl methyl sites for hydroxylation is 1. The fourth-order valence-electron chi connectivity index (χ4n) is 2.06. The maximum Gasteiger partial charge on any atom is 0.315 e. The summed E-state index contributed by atoms with van der Waals surface area (Å²) in [5.74, 6) is -0.171. The molecule has 7 heteroatoms. The molecule has 2 aromatic carbocycles. The van der Waals surface area contributed by atoms with Crippen LogP contribution in [0.15, 0.2) is 42.5 Å². The van der Waals surface area contributed by atoms with Crippen molar-refractivity contribution in [3.63, 3.8) is 0 Å². The SMILES string of the molecule is Cc1ccc(C(=O)NCCNC(=O)NCc2ccc(Cl)cc2Cl)cc1. The molecule has 0 fully saturated rings. The average Bonchev–Trinajstić information content (AvgIpc) is 2.58. The van der Waals surface area contributed by atoms with Crippen molar-refractivity contribution in [2.75, 3.05) is 13.1 Å². The first kappa shape index (κ1) is 19.1. The molecule has 0 saturated carbocycles. The number of benzene rings is 2. The lowest BCUT2D eigenvalue weighted by molar-refractivity contribution is 0.0954. The standard InChI is InChI=1S/C18H19Cl2N3O2/c1-12-2-4-13(5-3-12)17(24)21-8-9-22-18(25)23-11-14-6-7-15(19)10-16(14)20/h2-7,10H,8-9,11H2,1H3,(H,21,24)(H2,22,23,25). The van der Waals surface area contributed by atoms with E-state index in [1.54, 1.807) is 30.3 Å². The third-order valence-corrected chi connectivity index (χ3v) is 4.05. The molecule has 0 saturated heterocycles. The Morgan fingerprint density at radius 3 is 2.28 bits per heavy atom. The number of amides is 3. The second-order valence-electron chi connectivity index (χ2n) is 5.47. The van der Waals surface area contributed by atoms with E-state index in [-0.39, 0.29) is 18.5 Å². The van der Waals surface area contributed by atoms with Crippen LogP contribution in [0.2, 0.25) is 10.0 Å². The molecule has 0 spiro atoms. The van der Waals surface area contributed by atoms with Crippen LogP contribution in [0.4, 0.5) is 4.79 Å². The zero-order valence-corrected chi connectivity index (χ0v) is 15.2. The molecule has 0 atom stereocenters. The molecule has 3 N–H and O–H groups in total. The number of hydrogen-bond acceptors (Lipinski definition) is 2. The van der Waals surface area contributed by atoms with Crippen molar-refractivity contribution in [1.82, 2.24) is 16.0 Å². The topological polar surface area (TPSA) is 70.2 Å². The van der Waals surface area contributed by atoms with Gasteiger partial charge in [0.2, 0.25) is 0 Å². The van der Waals surface area contributed by atoms with Crippen molar-refractivity contribution in [2.24, 2.45) is 0 Å². The van der Waals surface area contributed by atoms with Gasteiger partial charge in [0.15, 0.2) is 0 Å². The summed E-state index contributed by atoms with van der Waals surface area (Å²) in [5, 5.41) is 9.15. The fourth-order valence-corrected chi connectivity index (χ4v) is 2.54. The number of urea groups is 1. The summed E-state index contributed by atoms with van der Waals surface area (Å²) in [4.78, 5) is 23.7. The van der Waals surface area contributed by atoms with Crippen molar-refractivity contribution in [1.29, 1.82) is 0 Å². The Bertz CT molecular complexity index is 748. The maximum absolute atomic E-state index is 11.9. The number of nitrogens with one attached hydrogen (secondary N) is 3. The molecule has 5 nitrogen and oxygen atoms in total. The number of carbonyl (C=O) groups is 2. The third-order valence-electron chi connectivity index (χ3n) is 3.46. The van der Waals surface area contributed by atoms with Crippen molar-refractivity contribution in [3.8, 4) is 0 Å². The van der Waals surface area contributed by atoms with E-state index in [1.807, 2.05) is 19.1 Å². The van der Waals surface area contributed by atoms with E-state index in [1.165, 1.54) is 0 Å². The van der Waals surface area contributed by atoms with Gasteiger partial charge in [0.25, 0.3) is 5.91 Å². The minimum atomic E-state index is -0.337. The smallest absolute Gasteiger partial charge is 0.315 e. The van der Waals surface area contributed by atoms with Gasteiger partial charge in [-0.3, -0.25) is 4.79 Å². The molecule has 25 heavy (non-hydrogen) atoms. The average molecular weight is 380 g/mol. The second kappa shape index (κ2) is 9.30. The van der Waals surface area contributed by atoms with E-state index in [4.69, 9.17) is 23.2 Å². The van der Waals surface area contributed by atoms with E-state index in [2.05, 4.69) is 16.0 Å². The molecular formula is C18H19Cl2N3O2. The second-order valence-corrected chi connectivity index (χ2v) is 6.31. The highest BCUT2D eigenvalue weighted by Gasteiger charge is 2.06. The first-order valence-corrected chi connectivity index (χ1v) is 8.52. The quantitative estimate of drug-likeness (QED) is 0.671. The highest BCUT2D eigenvalue weighted by Crippen LogP contribution is 2.20. The fraction of sp³-hybridized carbons (Fsp3) is 0.222. The highest BCUT2D eigenvalue weighted by molar-refractivity contribution is 6.35. The molecule has 0 aliphatic heterocycles.